The number of esters is 1. The minimum atomic E-state index is -0.901. The molecule has 3 aromatic rings. The van der Waals surface area contributed by atoms with Crippen molar-refractivity contribution < 1.29 is 19.0 Å². The lowest BCUT2D eigenvalue weighted by Crippen LogP contribution is -2.25. The van der Waals surface area contributed by atoms with Crippen molar-refractivity contribution in [3.8, 4) is 11.5 Å². The molecular weight excluding hydrogens is 570 g/mol. The van der Waals surface area contributed by atoms with E-state index in [2.05, 4.69) is 46.7 Å². The van der Waals surface area contributed by atoms with Gasteiger partial charge in [0.15, 0.2) is 17.6 Å². The molecule has 0 aliphatic rings. The van der Waals surface area contributed by atoms with E-state index in [1.54, 1.807) is 25.1 Å². The van der Waals surface area contributed by atoms with Gasteiger partial charge in [0.1, 0.15) is 10.8 Å². The summed E-state index contributed by atoms with van der Waals surface area (Å²) < 4.78 is 18.1. The molecule has 0 spiro atoms. The van der Waals surface area contributed by atoms with E-state index < -0.39 is 12.1 Å². The second-order valence-corrected chi connectivity index (χ2v) is 8.68. The summed E-state index contributed by atoms with van der Waals surface area (Å²) in [5.74, 6) is 0.305. The fourth-order valence-electron chi connectivity index (χ4n) is 2.87. The molecule has 0 radical (unpaired) electrons. The molecule has 8 nitrogen and oxygen atoms in total. The highest BCUT2D eigenvalue weighted by Gasteiger charge is 2.22. The summed E-state index contributed by atoms with van der Waals surface area (Å²) in [4.78, 5) is 29.1. The molecule has 32 heavy (non-hydrogen) atoms. The van der Waals surface area contributed by atoms with Crippen LogP contribution in [0.2, 0.25) is 5.02 Å². The van der Waals surface area contributed by atoms with Gasteiger partial charge in [-0.2, -0.15) is 9.78 Å². The third-order valence-corrected chi connectivity index (χ3v) is 6.42. The minimum Gasteiger partial charge on any atom is -0.493 e. The van der Waals surface area contributed by atoms with Crippen LogP contribution in [0, 0.1) is 6.92 Å². The van der Waals surface area contributed by atoms with Crippen molar-refractivity contribution >= 4 is 66.5 Å². The second kappa shape index (κ2) is 10.0. The third-order valence-electron chi connectivity index (χ3n) is 4.49. The van der Waals surface area contributed by atoms with Crippen molar-refractivity contribution in [2.45, 2.75) is 20.0 Å². The molecule has 11 heteroatoms. The molecule has 3 rings (SSSR count). The molecule has 0 saturated carbocycles. The molecule has 0 fully saturated rings. The van der Waals surface area contributed by atoms with Crippen LogP contribution in [0.15, 0.2) is 43.1 Å². The monoisotopic (exact) mass is 585 g/mol. The normalized spacial score (nSPS) is 12.2. The highest BCUT2D eigenvalue weighted by Crippen LogP contribution is 2.42. The topological polar surface area (TPSA) is 92.0 Å². The Morgan fingerprint density at radius 3 is 2.66 bits per heavy atom. The predicted molar refractivity (Wildman–Crippen MR) is 129 cm³/mol. The van der Waals surface area contributed by atoms with Gasteiger partial charge in [-0.05, 0) is 54.0 Å². The summed E-state index contributed by atoms with van der Waals surface area (Å²) in [5.41, 5.74) is 0.783. The van der Waals surface area contributed by atoms with Crippen LogP contribution in [0.5, 0.6) is 11.5 Å². The molecule has 168 valence electrons. The molecule has 1 atom stereocenters. The molecular formula is C21H18Br2ClN3O5. The summed E-state index contributed by atoms with van der Waals surface area (Å²) in [6.45, 7) is 3.22. The van der Waals surface area contributed by atoms with Gasteiger partial charge in [0.05, 0.1) is 31.3 Å². The fraction of sp³-hybridized carbons (Fsp3) is 0.238. The molecule has 0 aliphatic carbocycles. The number of hydrogen-bond acceptors (Lipinski definition) is 7. The average molecular weight is 588 g/mol. The van der Waals surface area contributed by atoms with E-state index in [-0.39, 0.29) is 22.1 Å². The Balaban J connectivity index is 2.05. The fourth-order valence-corrected chi connectivity index (χ4v) is 3.87. The number of halogens is 3. The highest BCUT2D eigenvalue weighted by molar-refractivity contribution is 9.10. The number of aryl methyl sites for hydroxylation is 1. The molecule has 1 aromatic heterocycles. The number of nitrogens with zero attached hydrogens (tertiary/aromatic N) is 3. The first kappa shape index (κ1) is 24.2. The Labute approximate surface area is 205 Å². The quantitative estimate of drug-likeness (QED) is 0.306. The van der Waals surface area contributed by atoms with E-state index in [4.69, 9.17) is 21.1 Å². The molecule has 0 N–H and O–H groups in total. The van der Waals surface area contributed by atoms with Crippen LogP contribution in [-0.2, 0) is 9.53 Å². The van der Waals surface area contributed by atoms with E-state index in [0.29, 0.717) is 26.8 Å². The number of benzene rings is 2. The van der Waals surface area contributed by atoms with Crippen LogP contribution in [0.4, 0.5) is 0 Å². The maximum Gasteiger partial charge on any atom is 0.346 e. The van der Waals surface area contributed by atoms with Gasteiger partial charge in [0.25, 0.3) is 5.56 Å². The highest BCUT2D eigenvalue weighted by atomic mass is 79.9. The van der Waals surface area contributed by atoms with Gasteiger partial charge in [0, 0.05) is 14.5 Å². The number of aromatic nitrogens is 2. The lowest BCUT2D eigenvalue weighted by atomic mass is 10.2. The Bertz CT molecular complexity index is 1290. The first-order valence-electron chi connectivity index (χ1n) is 9.21. The van der Waals surface area contributed by atoms with Crippen LogP contribution in [0.1, 0.15) is 18.3 Å². The predicted octanol–water partition coefficient (Wildman–Crippen LogP) is 4.71. The van der Waals surface area contributed by atoms with E-state index in [9.17, 15) is 9.59 Å². The summed E-state index contributed by atoms with van der Waals surface area (Å²) in [6.07, 6.45) is 0.549. The summed E-state index contributed by atoms with van der Waals surface area (Å²) in [7, 11) is 2.71. The van der Waals surface area contributed by atoms with Crippen molar-refractivity contribution in [3.63, 3.8) is 0 Å². The van der Waals surface area contributed by atoms with Gasteiger partial charge in [-0.25, -0.2) is 9.78 Å². The molecule has 2 aromatic carbocycles. The zero-order chi connectivity index (χ0) is 23.6. The molecule has 1 heterocycles. The first-order valence-corrected chi connectivity index (χ1v) is 11.2. The van der Waals surface area contributed by atoms with Gasteiger partial charge in [-0.3, -0.25) is 4.79 Å². The largest absolute Gasteiger partial charge is 0.493 e. The van der Waals surface area contributed by atoms with E-state index in [0.717, 1.165) is 4.47 Å². The molecule has 0 bridgehead atoms. The number of rotatable bonds is 6. The third kappa shape index (κ3) is 4.82. The van der Waals surface area contributed by atoms with Crippen molar-refractivity contribution in [2.24, 2.45) is 5.10 Å². The smallest absolute Gasteiger partial charge is 0.346 e. The molecule has 0 unspecified atom stereocenters. The van der Waals surface area contributed by atoms with Crippen LogP contribution in [0.3, 0.4) is 0 Å². The number of fused-ring (bicyclic) bond motifs is 1. The van der Waals surface area contributed by atoms with Crippen LogP contribution in [-0.4, -0.2) is 42.2 Å². The zero-order valence-electron chi connectivity index (χ0n) is 17.5. The Kier molecular flexibility index (Phi) is 7.58. The van der Waals surface area contributed by atoms with E-state index in [1.807, 2.05) is 6.07 Å². The van der Waals surface area contributed by atoms with Crippen LogP contribution < -0.4 is 15.0 Å². The van der Waals surface area contributed by atoms with Gasteiger partial charge >= 0.3 is 5.97 Å². The second-order valence-electron chi connectivity index (χ2n) is 6.59. The summed E-state index contributed by atoms with van der Waals surface area (Å²) in [6, 6.07) is 6.89. The Morgan fingerprint density at radius 2 is 2.00 bits per heavy atom. The molecule has 0 aliphatic heterocycles. The van der Waals surface area contributed by atoms with E-state index in [1.165, 1.54) is 32.0 Å². The van der Waals surface area contributed by atoms with Gasteiger partial charge in [0.2, 0.25) is 0 Å². The maximum absolute atomic E-state index is 12.9. The molecule has 0 saturated heterocycles. The first-order chi connectivity index (χ1) is 15.2. The standard InChI is InChI=1S/C21H18Br2ClN3O5/c1-10(21(29)31-4)32-19-16(30-3)7-12(17(23)18(19)24)9-25-27-11(2)26-15-6-5-13(22)8-14(15)20(27)28/h5-10H,1-4H3/t10-/m1/s1. The van der Waals surface area contributed by atoms with Crippen molar-refractivity contribution in [1.29, 1.82) is 0 Å². The Morgan fingerprint density at radius 1 is 1.28 bits per heavy atom. The SMILES string of the molecule is COC(=O)[C@@H](C)Oc1c(OC)cc(C=Nn2c(C)nc3ccc(Br)cc3c2=O)c(Br)c1Cl. The van der Waals surface area contributed by atoms with Crippen LogP contribution in [0.25, 0.3) is 10.9 Å². The van der Waals surface area contributed by atoms with Crippen molar-refractivity contribution in [2.75, 3.05) is 14.2 Å². The molecule has 0 amide bonds. The van der Waals surface area contributed by atoms with Gasteiger partial charge in [-0.15, -0.1) is 0 Å². The summed E-state index contributed by atoms with van der Waals surface area (Å²) >= 11 is 13.2. The minimum absolute atomic E-state index is 0.168. The van der Waals surface area contributed by atoms with Gasteiger partial charge < -0.3 is 14.2 Å². The van der Waals surface area contributed by atoms with Crippen molar-refractivity contribution in [1.82, 2.24) is 9.66 Å². The number of hydrogen-bond donors (Lipinski definition) is 0. The van der Waals surface area contributed by atoms with Crippen LogP contribution >= 0.6 is 43.5 Å². The lowest BCUT2D eigenvalue weighted by Gasteiger charge is -2.18. The van der Waals surface area contributed by atoms with Crippen molar-refractivity contribution in [3.05, 3.63) is 60.0 Å². The maximum atomic E-state index is 12.9. The van der Waals surface area contributed by atoms with Gasteiger partial charge in [-0.1, -0.05) is 27.5 Å². The number of carbonyl (C=O) groups excluding carboxylic acids is 1. The average Bonchev–Trinajstić information content (AvgIpc) is 2.77. The summed E-state index contributed by atoms with van der Waals surface area (Å²) in [5, 5.41) is 4.91. The van der Waals surface area contributed by atoms with E-state index >= 15 is 0 Å². The zero-order valence-corrected chi connectivity index (χ0v) is 21.4. The Hall–Kier alpha value is -2.43. The lowest BCUT2D eigenvalue weighted by molar-refractivity contribution is -0.147. The number of methoxy groups -OCH3 is 2. The number of ether oxygens (including phenoxy) is 3. The number of carbonyl (C=O) groups is 1.